The van der Waals surface area contributed by atoms with Gasteiger partial charge in [0.2, 0.25) is 0 Å². The van der Waals surface area contributed by atoms with Gasteiger partial charge in [0.1, 0.15) is 5.75 Å². The van der Waals surface area contributed by atoms with Gasteiger partial charge in [-0.2, -0.15) is 0 Å². The largest absolute Gasteiger partial charge is 0.494 e. The molecule has 0 fully saturated rings. The third-order valence-electron chi connectivity index (χ3n) is 5.43. The van der Waals surface area contributed by atoms with Crippen molar-refractivity contribution >= 4 is 11.9 Å². The van der Waals surface area contributed by atoms with Crippen molar-refractivity contribution in [1.29, 1.82) is 0 Å². The van der Waals surface area contributed by atoms with Gasteiger partial charge < -0.3 is 14.6 Å². The fourth-order valence-electron chi connectivity index (χ4n) is 3.62. The first kappa shape index (κ1) is 27.0. The second-order valence-corrected chi connectivity index (χ2v) is 8.22. The smallest absolute Gasteiger partial charge is 0.338 e. The van der Waals surface area contributed by atoms with Crippen molar-refractivity contribution in [2.75, 3.05) is 13.2 Å². The van der Waals surface area contributed by atoms with Crippen molar-refractivity contribution in [3.8, 4) is 5.75 Å². The van der Waals surface area contributed by atoms with Gasteiger partial charge in [0.15, 0.2) is 0 Å². The van der Waals surface area contributed by atoms with E-state index in [9.17, 15) is 14.7 Å². The molecule has 0 radical (unpaired) electrons. The lowest BCUT2D eigenvalue weighted by Gasteiger charge is -2.10. The number of hydrogen-bond donors (Lipinski definition) is 1. The molecule has 0 aliphatic carbocycles. The van der Waals surface area contributed by atoms with Gasteiger partial charge >= 0.3 is 11.9 Å². The van der Waals surface area contributed by atoms with Crippen LogP contribution in [0.2, 0.25) is 0 Å². The number of carboxylic acid groups (broad SMARTS) is 1. The van der Waals surface area contributed by atoms with Gasteiger partial charge in [-0.15, -0.1) is 0 Å². The Balaban J connectivity index is 2.12. The normalized spacial score (nSPS) is 10.8. The zero-order chi connectivity index (χ0) is 22.7. The van der Waals surface area contributed by atoms with Crippen molar-refractivity contribution in [2.45, 2.75) is 104 Å². The SMILES string of the molecule is CCCCCCCCCCCCCCCCOc1cc(C(=O)O)cc(C(=O)OCC)c1. The summed E-state index contributed by atoms with van der Waals surface area (Å²) in [6.45, 7) is 4.73. The molecule has 1 aromatic carbocycles. The molecule has 0 aliphatic heterocycles. The second-order valence-electron chi connectivity index (χ2n) is 8.22. The number of unbranched alkanes of at least 4 members (excludes halogenated alkanes) is 13. The summed E-state index contributed by atoms with van der Waals surface area (Å²) in [4.78, 5) is 23.2. The number of ether oxygens (including phenoxy) is 2. The maximum Gasteiger partial charge on any atom is 0.338 e. The Morgan fingerprint density at radius 1 is 0.710 bits per heavy atom. The molecule has 0 aromatic heterocycles. The third kappa shape index (κ3) is 13.1. The first-order valence-electron chi connectivity index (χ1n) is 12.3. The van der Waals surface area contributed by atoms with Crippen LogP contribution in [0.4, 0.5) is 0 Å². The van der Waals surface area contributed by atoms with Crippen LogP contribution in [0.1, 0.15) is 124 Å². The Bertz CT molecular complexity index is 626. The number of carbonyl (C=O) groups excluding carboxylic acids is 1. The van der Waals surface area contributed by atoms with Crippen LogP contribution in [-0.4, -0.2) is 30.3 Å². The molecule has 0 spiro atoms. The van der Waals surface area contributed by atoms with Gasteiger partial charge in [-0.05, 0) is 31.5 Å². The maximum atomic E-state index is 11.9. The van der Waals surface area contributed by atoms with Crippen molar-refractivity contribution in [2.24, 2.45) is 0 Å². The number of rotatable bonds is 19. The van der Waals surface area contributed by atoms with Gasteiger partial charge in [-0.25, -0.2) is 9.59 Å². The van der Waals surface area contributed by atoms with Crippen molar-refractivity contribution in [1.82, 2.24) is 0 Å². The number of aromatic carboxylic acids is 1. The molecule has 0 atom stereocenters. The van der Waals surface area contributed by atoms with Crippen molar-refractivity contribution < 1.29 is 24.2 Å². The van der Waals surface area contributed by atoms with Crippen LogP contribution >= 0.6 is 0 Å². The highest BCUT2D eigenvalue weighted by atomic mass is 16.5. The molecule has 0 heterocycles. The van der Waals surface area contributed by atoms with Crippen LogP contribution in [-0.2, 0) is 4.74 Å². The second kappa shape index (κ2) is 17.6. The topological polar surface area (TPSA) is 72.8 Å². The first-order chi connectivity index (χ1) is 15.1. The zero-order valence-corrected chi connectivity index (χ0v) is 19.6. The summed E-state index contributed by atoms with van der Waals surface area (Å²) in [5, 5.41) is 9.24. The van der Waals surface area contributed by atoms with Crippen LogP contribution in [0.25, 0.3) is 0 Å². The fourth-order valence-corrected chi connectivity index (χ4v) is 3.62. The molecule has 1 aromatic rings. The van der Waals surface area contributed by atoms with E-state index in [0.717, 1.165) is 12.8 Å². The molecule has 0 bridgehead atoms. The van der Waals surface area contributed by atoms with Crippen molar-refractivity contribution in [3.05, 3.63) is 29.3 Å². The average Bonchev–Trinajstić information content (AvgIpc) is 2.76. The Labute approximate surface area is 188 Å². The predicted octanol–water partition coefficient (Wildman–Crippen LogP) is 7.42. The Kier molecular flexibility index (Phi) is 15.3. The van der Waals surface area contributed by atoms with E-state index in [2.05, 4.69) is 6.92 Å². The quantitative estimate of drug-likeness (QED) is 0.181. The van der Waals surface area contributed by atoms with Gasteiger partial charge in [-0.3, -0.25) is 0 Å². The number of hydrogen-bond acceptors (Lipinski definition) is 4. The summed E-state index contributed by atoms with van der Waals surface area (Å²) in [5.41, 5.74) is 0.235. The van der Waals surface area contributed by atoms with E-state index in [4.69, 9.17) is 9.47 Å². The zero-order valence-electron chi connectivity index (χ0n) is 19.6. The summed E-state index contributed by atoms with van der Waals surface area (Å²) < 4.78 is 10.7. The number of carbonyl (C=O) groups is 2. The van der Waals surface area contributed by atoms with E-state index < -0.39 is 11.9 Å². The summed E-state index contributed by atoms with van der Waals surface area (Å²) in [6, 6.07) is 4.32. The molecule has 0 aliphatic rings. The molecule has 176 valence electrons. The van der Waals surface area contributed by atoms with E-state index >= 15 is 0 Å². The van der Waals surface area contributed by atoms with Gasteiger partial charge in [0.05, 0.1) is 24.3 Å². The van der Waals surface area contributed by atoms with E-state index in [1.54, 1.807) is 13.0 Å². The standard InChI is InChI=1S/C26H42O5/c1-3-5-6-7-8-9-10-11-12-13-14-15-16-17-18-31-24-20-22(25(27)28)19-23(21-24)26(29)30-4-2/h19-21H,3-18H2,1-2H3,(H,27,28). The van der Waals surface area contributed by atoms with Crippen LogP contribution in [0.3, 0.4) is 0 Å². The molecule has 1 rings (SSSR count). The minimum atomic E-state index is -1.09. The van der Waals surface area contributed by atoms with Crippen LogP contribution in [0, 0.1) is 0 Å². The fraction of sp³-hybridized carbons (Fsp3) is 0.692. The summed E-state index contributed by atoms with van der Waals surface area (Å²) in [5.74, 6) is -1.22. The van der Waals surface area contributed by atoms with E-state index in [1.807, 2.05) is 0 Å². The molecule has 0 unspecified atom stereocenters. The molecule has 0 saturated heterocycles. The monoisotopic (exact) mass is 434 g/mol. The summed E-state index contributed by atoms with van der Waals surface area (Å²) in [7, 11) is 0. The van der Waals surface area contributed by atoms with E-state index in [0.29, 0.717) is 12.4 Å². The van der Waals surface area contributed by atoms with E-state index in [-0.39, 0.29) is 17.7 Å². The van der Waals surface area contributed by atoms with Crippen LogP contribution in [0.15, 0.2) is 18.2 Å². The molecule has 1 N–H and O–H groups in total. The Morgan fingerprint density at radius 2 is 1.19 bits per heavy atom. The lowest BCUT2D eigenvalue weighted by atomic mass is 10.0. The summed E-state index contributed by atoms with van der Waals surface area (Å²) >= 11 is 0. The third-order valence-corrected chi connectivity index (χ3v) is 5.43. The minimum absolute atomic E-state index is 0.0292. The highest BCUT2D eigenvalue weighted by Crippen LogP contribution is 2.19. The van der Waals surface area contributed by atoms with Crippen LogP contribution in [0.5, 0.6) is 5.75 Å². The Morgan fingerprint density at radius 3 is 1.68 bits per heavy atom. The van der Waals surface area contributed by atoms with Gasteiger partial charge in [-0.1, -0.05) is 90.4 Å². The molecule has 0 amide bonds. The Hall–Kier alpha value is -2.04. The minimum Gasteiger partial charge on any atom is -0.494 e. The molecular weight excluding hydrogens is 392 g/mol. The molecule has 5 nitrogen and oxygen atoms in total. The summed E-state index contributed by atoms with van der Waals surface area (Å²) in [6.07, 6.45) is 18.2. The van der Waals surface area contributed by atoms with Gasteiger partial charge in [0.25, 0.3) is 0 Å². The number of esters is 1. The number of benzene rings is 1. The molecule has 5 heteroatoms. The van der Waals surface area contributed by atoms with Crippen molar-refractivity contribution in [3.63, 3.8) is 0 Å². The van der Waals surface area contributed by atoms with Crippen LogP contribution < -0.4 is 4.74 Å². The average molecular weight is 435 g/mol. The first-order valence-corrected chi connectivity index (χ1v) is 12.3. The molecule has 0 saturated carbocycles. The lowest BCUT2D eigenvalue weighted by Crippen LogP contribution is -2.08. The van der Waals surface area contributed by atoms with Gasteiger partial charge in [0, 0.05) is 0 Å². The highest BCUT2D eigenvalue weighted by Gasteiger charge is 2.13. The molecular formula is C26H42O5. The predicted molar refractivity (Wildman–Crippen MR) is 125 cm³/mol. The van der Waals surface area contributed by atoms with E-state index in [1.165, 1.54) is 89.2 Å². The maximum absolute atomic E-state index is 11.9. The number of carboxylic acids is 1. The lowest BCUT2D eigenvalue weighted by molar-refractivity contribution is 0.0526. The highest BCUT2D eigenvalue weighted by molar-refractivity contribution is 5.95. The molecule has 31 heavy (non-hydrogen) atoms.